The van der Waals surface area contributed by atoms with E-state index in [2.05, 4.69) is 17.3 Å². The van der Waals surface area contributed by atoms with Gasteiger partial charge in [-0.3, -0.25) is 4.79 Å². The quantitative estimate of drug-likeness (QED) is 0.564. The van der Waals surface area contributed by atoms with Gasteiger partial charge in [0.1, 0.15) is 0 Å². The Morgan fingerprint density at radius 1 is 1.04 bits per heavy atom. The third kappa shape index (κ3) is 6.14. The highest BCUT2D eigenvalue weighted by molar-refractivity contribution is 8.14. The van der Waals surface area contributed by atoms with Gasteiger partial charge in [-0.05, 0) is 37.1 Å². The fourth-order valence-corrected chi connectivity index (χ4v) is 4.15. The Kier molecular flexibility index (Phi) is 7.34. The van der Waals surface area contributed by atoms with Crippen LogP contribution >= 0.6 is 11.8 Å². The van der Waals surface area contributed by atoms with E-state index in [0.717, 1.165) is 16.5 Å². The lowest BCUT2D eigenvalue weighted by molar-refractivity contribution is -0.113. The SMILES string of the molecule is CN(C(=Nc1ccccc1)SCC(=O)Nc1ccccc1)C1CCCCC1. The second-order valence-electron chi connectivity index (χ2n) is 6.84. The van der Waals surface area contributed by atoms with Crippen LogP contribution in [0.5, 0.6) is 0 Å². The summed E-state index contributed by atoms with van der Waals surface area (Å²) < 4.78 is 0. The number of nitrogens with one attached hydrogen (secondary N) is 1. The van der Waals surface area contributed by atoms with Crippen LogP contribution in [0.25, 0.3) is 0 Å². The van der Waals surface area contributed by atoms with Gasteiger partial charge in [-0.25, -0.2) is 4.99 Å². The number of amides is 1. The number of hydrogen-bond donors (Lipinski definition) is 1. The van der Waals surface area contributed by atoms with E-state index in [4.69, 9.17) is 4.99 Å². The minimum absolute atomic E-state index is 0.0102. The lowest BCUT2D eigenvalue weighted by atomic mass is 9.95. The molecule has 1 fully saturated rings. The number of aliphatic imine (C=N–C) groups is 1. The summed E-state index contributed by atoms with van der Waals surface area (Å²) in [5.74, 6) is 0.335. The molecule has 0 aromatic heterocycles. The van der Waals surface area contributed by atoms with E-state index in [0.29, 0.717) is 11.8 Å². The molecule has 1 aliphatic carbocycles. The molecule has 1 amide bonds. The van der Waals surface area contributed by atoms with Gasteiger partial charge in [0.05, 0.1) is 11.4 Å². The Balaban J connectivity index is 1.67. The molecule has 0 atom stereocenters. The Morgan fingerprint density at radius 3 is 2.33 bits per heavy atom. The number of rotatable bonds is 5. The zero-order valence-electron chi connectivity index (χ0n) is 15.8. The molecule has 27 heavy (non-hydrogen) atoms. The molecule has 0 heterocycles. The fraction of sp³-hybridized carbons (Fsp3) is 0.364. The third-order valence-electron chi connectivity index (χ3n) is 4.79. The van der Waals surface area contributed by atoms with Crippen molar-refractivity contribution in [2.45, 2.75) is 38.1 Å². The van der Waals surface area contributed by atoms with Gasteiger partial charge >= 0.3 is 0 Å². The van der Waals surface area contributed by atoms with Crippen molar-refractivity contribution < 1.29 is 4.79 Å². The van der Waals surface area contributed by atoms with E-state index in [1.54, 1.807) is 0 Å². The molecule has 3 rings (SSSR count). The molecule has 1 N–H and O–H groups in total. The Labute approximate surface area is 166 Å². The summed E-state index contributed by atoms with van der Waals surface area (Å²) in [6.45, 7) is 0. The predicted molar refractivity (Wildman–Crippen MR) is 116 cm³/mol. The number of benzene rings is 2. The summed E-state index contributed by atoms with van der Waals surface area (Å²) in [4.78, 5) is 19.5. The minimum atomic E-state index is -0.0102. The standard InChI is InChI=1S/C22H27N3OS/c1-25(20-15-9-4-10-16-20)22(24-19-13-7-3-8-14-19)27-17-21(26)23-18-11-5-2-6-12-18/h2-3,5-8,11-14,20H,4,9-10,15-17H2,1H3,(H,23,26). The maximum Gasteiger partial charge on any atom is 0.234 e. The largest absolute Gasteiger partial charge is 0.351 e. The van der Waals surface area contributed by atoms with Gasteiger partial charge in [-0.2, -0.15) is 0 Å². The molecule has 1 aliphatic rings. The normalized spacial score (nSPS) is 15.4. The highest BCUT2D eigenvalue weighted by Gasteiger charge is 2.22. The van der Waals surface area contributed by atoms with Gasteiger partial charge < -0.3 is 10.2 Å². The highest BCUT2D eigenvalue weighted by atomic mass is 32.2. The van der Waals surface area contributed by atoms with Crippen LogP contribution in [0.1, 0.15) is 32.1 Å². The smallest absolute Gasteiger partial charge is 0.234 e. The molecule has 142 valence electrons. The van der Waals surface area contributed by atoms with Gasteiger partial charge in [-0.15, -0.1) is 0 Å². The van der Waals surface area contributed by atoms with Crippen LogP contribution in [-0.4, -0.2) is 34.8 Å². The number of carbonyl (C=O) groups excluding carboxylic acids is 1. The number of anilines is 1. The van der Waals surface area contributed by atoms with Gasteiger partial charge in [-0.1, -0.05) is 67.4 Å². The molecule has 0 saturated heterocycles. The van der Waals surface area contributed by atoms with Gasteiger partial charge in [0.2, 0.25) is 5.91 Å². The molecule has 1 saturated carbocycles. The molecular formula is C22H27N3OS. The first-order chi connectivity index (χ1) is 13.2. The number of para-hydroxylation sites is 2. The first-order valence-electron chi connectivity index (χ1n) is 9.56. The molecule has 2 aromatic rings. The zero-order valence-corrected chi connectivity index (χ0v) is 16.6. The second-order valence-corrected chi connectivity index (χ2v) is 7.78. The van der Waals surface area contributed by atoms with E-state index in [1.807, 2.05) is 60.7 Å². The summed E-state index contributed by atoms with van der Waals surface area (Å²) in [6, 6.07) is 20.0. The van der Waals surface area contributed by atoms with Crippen molar-refractivity contribution in [2.75, 3.05) is 18.1 Å². The third-order valence-corrected chi connectivity index (χ3v) is 5.84. The first kappa shape index (κ1) is 19.5. The van der Waals surface area contributed by atoms with Crippen LogP contribution in [0, 0.1) is 0 Å². The number of thioether (sulfide) groups is 1. The van der Waals surface area contributed by atoms with Crippen molar-refractivity contribution in [3.63, 3.8) is 0 Å². The predicted octanol–water partition coefficient (Wildman–Crippen LogP) is 5.31. The Hall–Kier alpha value is -2.27. The fourth-order valence-electron chi connectivity index (χ4n) is 3.30. The highest BCUT2D eigenvalue weighted by Crippen LogP contribution is 2.26. The van der Waals surface area contributed by atoms with Crippen molar-refractivity contribution in [3.8, 4) is 0 Å². The number of amidine groups is 1. The first-order valence-corrected chi connectivity index (χ1v) is 10.6. The van der Waals surface area contributed by atoms with Crippen LogP contribution in [0.3, 0.4) is 0 Å². The molecule has 2 aromatic carbocycles. The second kappa shape index (κ2) is 10.2. The summed E-state index contributed by atoms with van der Waals surface area (Å²) in [5.41, 5.74) is 1.75. The average molecular weight is 382 g/mol. The Bertz CT molecular complexity index is 743. The number of nitrogens with zero attached hydrogens (tertiary/aromatic N) is 2. The summed E-state index contributed by atoms with van der Waals surface area (Å²) in [5, 5.41) is 3.86. The van der Waals surface area contributed by atoms with Gasteiger partial charge in [0, 0.05) is 18.8 Å². The maximum absolute atomic E-state index is 12.4. The molecule has 0 bridgehead atoms. The van der Waals surface area contributed by atoms with Gasteiger partial charge in [0.25, 0.3) is 0 Å². The van der Waals surface area contributed by atoms with Crippen LogP contribution in [0.2, 0.25) is 0 Å². The lowest BCUT2D eigenvalue weighted by Crippen LogP contribution is -2.37. The molecular weight excluding hydrogens is 354 g/mol. The topological polar surface area (TPSA) is 44.7 Å². The molecule has 0 unspecified atom stereocenters. The number of carbonyl (C=O) groups is 1. The van der Waals surface area contributed by atoms with Crippen LogP contribution in [0.15, 0.2) is 65.7 Å². The molecule has 4 nitrogen and oxygen atoms in total. The molecule has 0 spiro atoms. The zero-order chi connectivity index (χ0) is 18.9. The van der Waals surface area contributed by atoms with Crippen LogP contribution in [-0.2, 0) is 4.79 Å². The summed E-state index contributed by atoms with van der Waals surface area (Å²) in [6.07, 6.45) is 6.25. The van der Waals surface area contributed by atoms with E-state index in [9.17, 15) is 4.79 Å². The average Bonchev–Trinajstić information content (AvgIpc) is 2.73. The minimum Gasteiger partial charge on any atom is -0.351 e. The molecule has 5 heteroatoms. The van der Waals surface area contributed by atoms with E-state index < -0.39 is 0 Å². The van der Waals surface area contributed by atoms with E-state index >= 15 is 0 Å². The van der Waals surface area contributed by atoms with Crippen molar-refractivity contribution in [2.24, 2.45) is 4.99 Å². The Morgan fingerprint density at radius 2 is 1.67 bits per heavy atom. The summed E-state index contributed by atoms with van der Waals surface area (Å²) in [7, 11) is 2.11. The lowest BCUT2D eigenvalue weighted by Gasteiger charge is -2.33. The summed E-state index contributed by atoms with van der Waals surface area (Å²) >= 11 is 1.51. The van der Waals surface area contributed by atoms with Crippen molar-refractivity contribution in [1.82, 2.24) is 4.90 Å². The monoisotopic (exact) mass is 381 g/mol. The maximum atomic E-state index is 12.4. The van der Waals surface area contributed by atoms with Crippen molar-refractivity contribution >= 4 is 34.2 Å². The van der Waals surface area contributed by atoms with Crippen molar-refractivity contribution in [3.05, 3.63) is 60.7 Å². The molecule has 0 aliphatic heterocycles. The van der Waals surface area contributed by atoms with Crippen LogP contribution in [0.4, 0.5) is 11.4 Å². The van der Waals surface area contributed by atoms with E-state index in [1.165, 1.54) is 43.9 Å². The van der Waals surface area contributed by atoms with E-state index in [-0.39, 0.29) is 5.91 Å². The van der Waals surface area contributed by atoms with Crippen molar-refractivity contribution in [1.29, 1.82) is 0 Å². The molecule has 0 radical (unpaired) electrons. The van der Waals surface area contributed by atoms with Gasteiger partial charge in [0.15, 0.2) is 5.17 Å². The number of hydrogen-bond acceptors (Lipinski definition) is 3. The van der Waals surface area contributed by atoms with Crippen LogP contribution < -0.4 is 5.32 Å².